The summed E-state index contributed by atoms with van der Waals surface area (Å²) in [6, 6.07) is 6.81. The maximum absolute atomic E-state index is 10.7. The van der Waals surface area contributed by atoms with E-state index < -0.39 is 0 Å². The number of nitrogens with one attached hydrogen (secondary N) is 1. The van der Waals surface area contributed by atoms with Crippen molar-refractivity contribution in [2.75, 3.05) is 6.54 Å². The number of halogens is 1. The van der Waals surface area contributed by atoms with E-state index in [1.165, 1.54) is 6.07 Å². The van der Waals surface area contributed by atoms with Gasteiger partial charge in [-0.2, -0.15) is 0 Å². The lowest BCUT2D eigenvalue weighted by atomic mass is 10.0. The Bertz CT molecular complexity index is 421. The van der Waals surface area contributed by atoms with Crippen molar-refractivity contribution in [2.24, 2.45) is 0 Å². The number of nitrogens with zero attached hydrogens (tertiary/aromatic N) is 1. The van der Waals surface area contributed by atoms with Crippen molar-refractivity contribution < 1.29 is 4.92 Å². The second-order valence-corrected chi connectivity index (χ2v) is 4.83. The zero-order chi connectivity index (χ0) is 12.8. The molecule has 1 aromatic carbocycles. The summed E-state index contributed by atoms with van der Waals surface area (Å²) in [5.74, 6) is 0. The highest BCUT2D eigenvalue weighted by molar-refractivity contribution is 9.11. The van der Waals surface area contributed by atoms with Crippen LogP contribution >= 0.6 is 15.9 Å². The predicted molar refractivity (Wildman–Crippen MR) is 72.2 cm³/mol. The fourth-order valence-corrected chi connectivity index (χ4v) is 1.75. The van der Waals surface area contributed by atoms with Crippen LogP contribution in [-0.2, 0) is 0 Å². The molecular formula is C12H15BrN2O2. The number of nitro benzene ring substituents is 1. The van der Waals surface area contributed by atoms with Gasteiger partial charge in [0, 0.05) is 29.2 Å². The van der Waals surface area contributed by atoms with Gasteiger partial charge in [0.25, 0.3) is 5.69 Å². The Morgan fingerprint density at radius 1 is 1.65 bits per heavy atom. The molecule has 1 atom stereocenters. The standard InChI is InChI=1S/C12H15BrN2O2/c1-3-12(14-8-9(2)13)10-5-4-6-11(7-10)15(16)17/h4-7,12,14H,2-3,8H2,1H3. The molecule has 0 aliphatic rings. The fraction of sp³-hybridized carbons (Fsp3) is 0.333. The topological polar surface area (TPSA) is 55.2 Å². The molecule has 0 aliphatic heterocycles. The average Bonchev–Trinajstić information content (AvgIpc) is 2.30. The third kappa shape index (κ3) is 4.28. The molecule has 17 heavy (non-hydrogen) atoms. The van der Waals surface area contributed by atoms with E-state index in [9.17, 15) is 10.1 Å². The van der Waals surface area contributed by atoms with Crippen LogP contribution in [0, 0.1) is 10.1 Å². The van der Waals surface area contributed by atoms with E-state index in [2.05, 4.69) is 27.8 Å². The van der Waals surface area contributed by atoms with Crippen molar-refractivity contribution in [3.05, 3.63) is 51.0 Å². The molecule has 1 N–H and O–H groups in total. The second-order valence-electron chi connectivity index (χ2n) is 3.71. The molecule has 5 heteroatoms. The molecule has 1 aromatic rings. The molecular weight excluding hydrogens is 284 g/mol. The van der Waals surface area contributed by atoms with Gasteiger partial charge in [-0.15, -0.1) is 0 Å². The first-order valence-corrected chi connectivity index (χ1v) is 6.15. The van der Waals surface area contributed by atoms with E-state index in [0.29, 0.717) is 6.54 Å². The molecule has 0 aliphatic carbocycles. The van der Waals surface area contributed by atoms with Gasteiger partial charge in [0.2, 0.25) is 0 Å². The first-order valence-electron chi connectivity index (χ1n) is 5.35. The van der Waals surface area contributed by atoms with Gasteiger partial charge in [-0.05, 0) is 12.0 Å². The second kappa shape index (κ2) is 6.51. The van der Waals surface area contributed by atoms with E-state index in [0.717, 1.165) is 16.5 Å². The van der Waals surface area contributed by atoms with Crippen LogP contribution in [0.5, 0.6) is 0 Å². The molecule has 0 fully saturated rings. The minimum atomic E-state index is -0.375. The van der Waals surface area contributed by atoms with Crippen LogP contribution < -0.4 is 5.32 Å². The first kappa shape index (κ1) is 13.9. The maximum atomic E-state index is 10.7. The molecule has 0 radical (unpaired) electrons. The Morgan fingerprint density at radius 3 is 2.88 bits per heavy atom. The lowest BCUT2D eigenvalue weighted by Crippen LogP contribution is -2.21. The Kier molecular flexibility index (Phi) is 5.31. The van der Waals surface area contributed by atoms with Crippen molar-refractivity contribution in [1.29, 1.82) is 0 Å². The van der Waals surface area contributed by atoms with Crippen LogP contribution in [0.4, 0.5) is 5.69 Å². The lowest BCUT2D eigenvalue weighted by molar-refractivity contribution is -0.384. The highest BCUT2D eigenvalue weighted by atomic mass is 79.9. The maximum Gasteiger partial charge on any atom is 0.269 e. The number of hydrogen-bond acceptors (Lipinski definition) is 3. The minimum absolute atomic E-state index is 0.101. The van der Waals surface area contributed by atoms with Crippen molar-refractivity contribution in [3.8, 4) is 0 Å². The van der Waals surface area contributed by atoms with E-state index in [-0.39, 0.29) is 16.7 Å². The zero-order valence-corrected chi connectivity index (χ0v) is 11.2. The molecule has 0 aromatic heterocycles. The van der Waals surface area contributed by atoms with Gasteiger partial charge in [0.15, 0.2) is 0 Å². The largest absolute Gasteiger partial charge is 0.305 e. The van der Waals surface area contributed by atoms with Crippen LogP contribution in [0.3, 0.4) is 0 Å². The Morgan fingerprint density at radius 2 is 2.35 bits per heavy atom. The summed E-state index contributed by atoms with van der Waals surface area (Å²) in [5.41, 5.74) is 1.05. The van der Waals surface area contributed by atoms with Crippen LogP contribution in [0.1, 0.15) is 24.9 Å². The highest BCUT2D eigenvalue weighted by Gasteiger charge is 2.12. The zero-order valence-electron chi connectivity index (χ0n) is 9.65. The summed E-state index contributed by atoms with van der Waals surface area (Å²) < 4.78 is 0.862. The molecule has 4 nitrogen and oxygen atoms in total. The summed E-state index contributed by atoms with van der Waals surface area (Å²) >= 11 is 3.28. The Hall–Kier alpha value is -1.20. The summed E-state index contributed by atoms with van der Waals surface area (Å²) in [5, 5.41) is 14.0. The number of rotatable bonds is 6. The molecule has 0 saturated carbocycles. The van der Waals surface area contributed by atoms with Crippen LogP contribution in [0.2, 0.25) is 0 Å². The van der Waals surface area contributed by atoms with Gasteiger partial charge in [-0.3, -0.25) is 10.1 Å². The fourth-order valence-electron chi connectivity index (χ4n) is 1.59. The van der Waals surface area contributed by atoms with Gasteiger partial charge in [0.1, 0.15) is 0 Å². The van der Waals surface area contributed by atoms with Gasteiger partial charge >= 0.3 is 0 Å². The van der Waals surface area contributed by atoms with Crippen molar-refractivity contribution >= 4 is 21.6 Å². The van der Waals surface area contributed by atoms with Crippen molar-refractivity contribution in [3.63, 3.8) is 0 Å². The molecule has 0 amide bonds. The number of non-ortho nitro benzene ring substituents is 1. The monoisotopic (exact) mass is 298 g/mol. The number of benzene rings is 1. The van der Waals surface area contributed by atoms with Gasteiger partial charge < -0.3 is 5.32 Å². The van der Waals surface area contributed by atoms with Crippen LogP contribution in [0.15, 0.2) is 35.3 Å². The SMILES string of the molecule is C=C(Br)CNC(CC)c1cccc([N+](=O)[O-])c1. The van der Waals surface area contributed by atoms with Crippen molar-refractivity contribution in [1.82, 2.24) is 5.32 Å². The molecule has 1 unspecified atom stereocenters. The summed E-state index contributed by atoms with van der Waals surface area (Å²) in [6.07, 6.45) is 0.863. The summed E-state index contributed by atoms with van der Waals surface area (Å²) in [6.45, 7) is 6.42. The first-order chi connectivity index (χ1) is 8.04. The third-order valence-corrected chi connectivity index (χ3v) is 2.71. The summed E-state index contributed by atoms with van der Waals surface area (Å²) in [4.78, 5) is 10.3. The molecule has 0 heterocycles. The Labute approximate surface area is 109 Å². The van der Waals surface area contributed by atoms with Gasteiger partial charge in [-0.25, -0.2) is 0 Å². The van der Waals surface area contributed by atoms with E-state index in [1.54, 1.807) is 12.1 Å². The van der Waals surface area contributed by atoms with Crippen molar-refractivity contribution in [2.45, 2.75) is 19.4 Å². The van der Waals surface area contributed by atoms with E-state index in [4.69, 9.17) is 0 Å². The highest BCUT2D eigenvalue weighted by Crippen LogP contribution is 2.21. The quantitative estimate of drug-likeness (QED) is 0.645. The van der Waals surface area contributed by atoms with Crippen LogP contribution in [-0.4, -0.2) is 11.5 Å². The van der Waals surface area contributed by atoms with E-state index >= 15 is 0 Å². The number of hydrogen-bond donors (Lipinski definition) is 1. The third-order valence-electron chi connectivity index (χ3n) is 2.43. The average molecular weight is 299 g/mol. The summed E-state index contributed by atoms with van der Waals surface area (Å²) in [7, 11) is 0. The smallest absolute Gasteiger partial charge is 0.269 e. The molecule has 0 saturated heterocycles. The number of nitro groups is 1. The normalized spacial score (nSPS) is 12.1. The predicted octanol–water partition coefficient (Wildman–Crippen LogP) is 3.54. The molecule has 92 valence electrons. The molecule has 0 bridgehead atoms. The molecule has 1 rings (SSSR count). The van der Waals surface area contributed by atoms with Gasteiger partial charge in [0.05, 0.1) is 4.92 Å². The minimum Gasteiger partial charge on any atom is -0.305 e. The van der Waals surface area contributed by atoms with Gasteiger partial charge in [-0.1, -0.05) is 41.6 Å². The molecule has 0 spiro atoms. The Balaban J connectivity index is 2.84. The lowest BCUT2D eigenvalue weighted by Gasteiger charge is -2.16. The van der Waals surface area contributed by atoms with Crippen LogP contribution in [0.25, 0.3) is 0 Å². The van der Waals surface area contributed by atoms with E-state index in [1.807, 2.05) is 13.0 Å².